The van der Waals surface area contributed by atoms with Crippen molar-refractivity contribution in [2.45, 2.75) is 19.1 Å². The van der Waals surface area contributed by atoms with Crippen LogP contribution in [0, 0.1) is 0 Å². The summed E-state index contributed by atoms with van der Waals surface area (Å²) >= 11 is 3.33. The molecule has 1 atom stereocenters. The first-order chi connectivity index (χ1) is 7.74. The highest BCUT2D eigenvalue weighted by Gasteiger charge is 2.17. The van der Waals surface area contributed by atoms with Crippen LogP contribution in [0.2, 0.25) is 0 Å². The van der Waals surface area contributed by atoms with Gasteiger partial charge in [-0.15, -0.1) is 0 Å². The van der Waals surface area contributed by atoms with Gasteiger partial charge in [-0.25, -0.2) is 4.79 Å². The zero-order valence-corrected chi connectivity index (χ0v) is 10.3. The number of carbonyl (C=O) groups is 1. The summed E-state index contributed by atoms with van der Waals surface area (Å²) in [6, 6.07) is 7.19. The van der Waals surface area contributed by atoms with Gasteiger partial charge in [-0.1, -0.05) is 15.9 Å². The molecule has 1 unspecified atom stereocenters. The fraction of sp³-hybridized carbons (Fsp3) is 0.364. The molecule has 1 fully saturated rings. The zero-order chi connectivity index (χ0) is 11.4. The molecule has 0 aliphatic carbocycles. The van der Waals surface area contributed by atoms with E-state index in [9.17, 15) is 4.79 Å². The molecule has 2 N–H and O–H groups in total. The Morgan fingerprint density at radius 1 is 1.38 bits per heavy atom. The maximum absolute atomic E-state index is 11.5. The van der Waals surface area contributed by atoms with E-state index in [1.165, 1.54) is 0 Å². The molecule has 2 amide bonds. The highest BCUT2D eigenvalue weighted by Crippen LogP contribution is 2.14. The van der Waals surface area contributed by atoms with E-state index >= 15 is 0 Å². The summed E-state index contributed by atoms with van der Waals surface area (Å²) in [6.45, 7) is 0.725. The number of halogens is 1. The lowest BCUT2D eigenvalue weighted by Crippen LogP contribution is -2.37. The number of ether oxygens (including phenoxy) is 1. The molecule has 0 aromatic heterocycles. The summed E-state index contributed by atoms with van der Waals surface area (Å²) in [4.78, 5) is 11.5. The second-order valence-electron chi connectivity index (χ2n) is 3.61. The lowest BCUT2D eigenvalue weighted by molar-refractivity contribution is 0.0928. The Hall–Kier alpha value is -1.07. The predicted octanol–water partition coefficient (Wildman–Crippen LogP) is 2.71. The average molecular weight is 285 g/mol. The normalized spacial score (nSPS) is 19.4. The van der Waals surface area contributed by atoms with Crippen molar-refractivity contribution in [3.63, 3.8) is 0 Å². The molecule has 2 rings (SSSR count). The third-order valence-corrected chi connectivity index (χ3v) is 2.85. The number of anilines is 1. The fourth-order valence-electron chi connectivity index (χ4n) is 1.54. The van der Waals surface area contributed by atoms with Gasteiger partial charge in [0.1, 0.15) is 6.23 Å². The summed E-state index contributed by atoms with van der Waals surface area (Å²) in [6.07, 6.45) is 1.74. The van der Waals surface area contributed by atoms with Gasteiger partial charge in [-0.05, 0) is 37.1 Å². The third-order valence-electron chi connectivity index (χ3n) is 2.32. The first-order valence-electron chi connectivity index (χ1n) is 5.19. The predicted molar refractivity (Wildman–Crippen MR) is 65.3 cm³/mol. The van der Waals surface area contributed by atoms with Crippen molar-refractivity contribution in [3.8, 4) is 0 Å². The molecule has 86 valence electrons. The maximum atomic E-state index is 11.5. The Morgan fingerprint density at radius 3 is 2.75 bits per heavy atom. The van der Waals surface area contributed by atoms with Crippen molar-refractivity contribution < 1.29 is 9.53 Å². The number of carbonyl (C=O) groups excluding carboxylic acids is 1. The Labute approximate surface area is 102 Å². The van der Waals surface area contributed by atoms with Crippen LogP contribution < -0.4 is 10.6 Å². The van der Waals surface area contributed by atoms with E-state index in [1.807, 2.05) is 24.3 Å². The molecule has 1 saturated heterocycles. The number of urea groups is 1. The lowest BCUT2D eigenvalue weighted by Gasteiger charge is -2.12. The van der Waals surface area contributed by atoms with Gasteiger partial charge >= 0.3 is 6.03 Å². The van der Waals surface area contributed by atoms with Crippen molar-refractivity contribution in [2.75, 3.05) is 11.9 Å². The second kappa shape index (κ2) is 5.32. The van der Waals surface area contributed by atoms with Crippen molar-refractivity contribution in [3.05, 3.63) is 28.7 Å². The number of nitrogens with one attached hydrogen (secondary N) is 2. The van der Waals surface area contributed by atoms with Gasteiger partial charge in [0, 0.05) is 16.8 Å². The highest BCUT2D eigenvalue weighted by molar-refractivity contribution is 9.10. The topological polar surface area (TPSA) is 50.4 Å². The third kappa shape index (κ3) is 3.21. The minimum Gasteiger partial charge on any atom is -0.358 e. The van der Waals surface area contributed by atoms with Gasteiger partial charge in [0.25, 0.3) is 0 Å². The van der Waals surface area contributed by atoms with Crippen molar-refractivity contribution >= 4 is 27.6 Å². The van der Waals surface area contributed by atoms with E-state index in [2.05, 4.69) is 26.6 Å². The molecule has 0 radical (unpaired) electrons. The molecule has 0 saturated carbocycles. The molecule has 5 heteroatoms. The van der Waals surface area contributed by atoms with Crippen molar-refractivity contribution in [1.82, 2.24) is 5.32 Å². The quantitative estimate of drug-likeness (QED) is 0.877. The van der Waals surface area contributed by atoms with Crippen LogP contribution in [0.15, 0.2) is 28.7 Å². The van der Waals surface area contributed by atoms with Gasteiger partial charge in [0.05, 0.1) is 0 Å². The van der Waals surface area contributed by atoms with Crippen LogP contribution in [0.3, 0.4) is 0 Å². The molecule has 1 aliphatic rings. The number of rotatable bonds is 2. The van der Waals surface area contributed by atoms with E-state index in [-0.39, 0.29) is 12.3 Å². The van der Waals surface area contributed by atoms with Crippen LogP contribution in [0.5, 0.6) is 0 Å². The summed E-state index contributed by atoms with van der Waals surface area (Å²) in [7, 11) is 0. The fourth-order valence-corrected chi connectivity index (χ4v) is 1.80. The van der Waals surface area contributed by atoms with Crippen molar-refractivity contribution in [1.29, 1.82) is 0 Å². The molecule has 1 aromatic carbocycles. The summed E-state index contributed by atoms with van der Waals surface area (Å²) < 4.78 is 6.28. The summed E-state index contributed by atoms with van der Waals surface area (Å²) in [5, 5.41) is 5.50. The molecular weight excluding hydrogens is 272 g/mol. The Kier molecular flexibility index (Phi) is 3.79. The average Bonchev–Trinajstić information content (AvgIpc) is 2.74. The standard InChI is InChI=1S/C11H13BrN2O2/c12-8-3-5-9(6-4-8)13-11(15)14-10-2-1-7-16-10/h3-6,10H,1-2,7H2,(H2,13,14,15). The summed E-state index contributed by atoms with van der Waals surface area (Å²) in [5.41, 5.74) is 0.763. The number of hydrogen-bond donors (Lipinski definition) is 2. The molecule has 4 nitrogen and oxygen atoms in total. The van der Waals surface area contributed by atoms with Gasteiger partial charge in [0.2, 0.25) is 0 Å². The van der Waals surface area contributed by atoms with E-state index in [0.717, 1.165) is 29.6 Å². The SMILES string of the molecule is O=C(Nc1ccc(Br)cc1)NC1CCCO1. The maximum Gasteiger partial charge on any atom is 0.321 e. The van der Waals surface area contributed by atoms with Crippen LogP contribution in [0.1, 0.15) is 12.8 Å². The van der Waals surface area contributed by atoms with Crippen LogP contribution in [0.4, 0.5) is 10.5 Å². The van der Waals surface area contributed by atoms with Crippen LogP contribution in [-0.2, 0) is 4.74 Å². The second-order valence-corrected chi connectivity index (χ2v) is 4.52. The van der Waals surface area contributed by atoms with Crippen molar-refractivity contribution in [2.24, 2.45) is 0 Å². The van der Waals surface area contributed by atoms with Crippen LogP contribution in [-0.4, -0.2) is 18.9 Å². The van der Waals surface area contributed by atoms with Crippen LogP contribution in [0.25, 0.3) is 0 Å². The van der Waals surface area contributed by atoms with E-state index in [4.69, 9.17) is 4.74 Å². The van der Waals surface area contributed by atoms with Gasteiger partial charge < -0.3 is 15.4 Å². The molecular formula is C11H13BrN2O2. The minimum absolute atomic E-state index is 0.143. The molecule has 1 aliphatic heterocycles. The number of amides is 2. The van der Waals surface area contributed by atoms with Gasteiger partial charge in [0.15, 0.2) is 0 Å². The zero-order valence-electron chi connectivity index (χ0n) is 8.70. The van der Waals surface area contributed by atoms with Gasteiger partial charge in [-0.2, -0.15) is 0 Å². The first kappa shape index (κ1) is 11.4. The molecule has 1 aromatic rings. The smallest absolute Gasteiger partial charge is 0.321 e. The molecule has 0 spiro atoms. The van der Waals surface area contributed by atoms with Crippen LogP contribution >= 0.6 is 15.9 Å². The van der Waals surface area contributed by atoms with E-state index in [0.29, 0.717) is 0 Å². The lowest BCUT2D eigenvalue weighted by atomic mass is 10.3. The van der Waals surface area contributed by atoms with E-state index < -0.39 is 0 Å². The monoisotopic (exact) mass is 284 g/mol. The Bertz CT molecular complexity index is 361. The molecule has 16 heavy (non-hydrogen) atoms. The minimum atomic E-state index is -0.228. The largest absolute Gasteiger partial charge is 0.358 e. The summed E-state index contributed by atoms with van der Waals surface area (Å²) in [5.74, 6) is 0. The first-order valence-corrected chi connectivity index (χ1v) is 5.98. The van der Waals surface area contributed by atoms with E-state index in [1.54, 1.807) is 0 Å². The Balaban J connectivity index is 1.84. The Morgan fingerprint density at radius 2 is 2.12 bits per heavy atom. The van der Waals surface area contributed by atoms with Gasteiger partial charge in [-0.3, -0.25) is 0 Å². The molecule has 0 bridgehead atoms. The molecule has 1 heterocycles. The highest BCUT2D eigenvalue weighted by atomic mass is 79.9. The number of hydrogen-bond acceptors (Lipinski definition) is 2. The number of benzene rings is 1.